The van der Waals surface area contributed by atoms with Crippen molar-refractivity contribution in [1.82, 2.24) is 5.32 Å². The lowest BCUT2D eigenvalue weighted by Gasteiger charge is -2.07. The molecule has 0 radical (unpaired) electrons. The fourth-order valence-electron chi connectivity index (χ4n) is 1.66. The third-order valence-corrected chi connectivity index (χ3v) is 2.75. The number of hydrogen-bond acceptors (Lipinski definition) is 1. The van der Waals surface area contributed by atoms with Crippen molar-refractivity contribution < 1.29 is 0 Å². The summed E-state index contributed by atoms with van der Waals surface area (Å²) >= 11 is 5.93. The van der Waals surface area contributed by atoms with Crippen molar-refractivity contribution in [3.63, 3.8) is 0 Å². The molecule has 0 spiro atoms. The lowest BCUT2D eigenvalue weighted by molar-refractivity contribution is 0.535. The quantitative estimate of drug-likeness (QED) is 0.712. The molecule has 0 saturated heterocycles. The molecule has 0 amide bonds. The molecule has 0 fully saturated rings. The number of nitrogens with one attached hydrogen (secondary N) is 1. The van der Waals surface area contributed by atoms with Crippen LogP contribution in [0.1, 0.15) is 32.3 Å². The van der Waals surface area contributed by atoms with Gasteiger partial charge in [-0.25, -0.2) is 0 Å². The molecule has 0 aliphatic rings. The summed E-state index contributed by atoms with van der Waals surface area (Å²) in [5, 5.41) is 4.30. The molecule has 0 aliphatic heterocycles. The molecular formula is C14H22ClN. The normalized spacial score (nSPS) is 11.0. The number of hydrogen-bond donors (Lipinski definition) is 1. The van der Waals surface area contributed by atoms with Gasteiger partial charge >= 0.3 is 0 Å². The second kappa shape index (κ2) is 7.70. The van der Waals surface area contributed by atoms with Crippen LogP contribution in [-0.2, 0) is 6.42 Å². The zero-order valence-corrected chi connectivity index (χ0v) is 11.1. The van der Waals surface area contributed by atoms with Gasteiger partial charge in [0.15, 0.2) is 0 Å². The third kappa shape index (κ3) is 6.14. The predicted octanol–water partition coefficient (Wildman–Crippen LogP) is 3.91. The van der Waals surface area contributed by atoms with Crippen LogP contribution in [0.5, 0.6) is 0 Å². The topological polar surface area (TPSA) is 12.0 Å². The van der Waals surface area contributed by atoms with Crippen molar-refractivity contribution in [2.24, 2.45) is 5.92 Å². The summed E-state index contributed by atoms with van der Waals surface area (Å²) in [4.78, 5) is 0. The predicted molar refractivity (Wildman–Crippen MR) is 72.1 cm³/mol. The summed E-state index contributed by atoms with van der Waals surface area (Å²) in [5.41, 5.74) is 1.34. The van der Waals surface area contributed by atoms with Gasteiger partial charge in [-0.3, -0.25) is 0 Å². The highest BCUT2D eigenvalue weighted by Gasteiger charge is 1.96. The smallest absolute Gasteiger partial charge is 0.0408 e. The molecule has 0 aromatic heterocycles. The molecule has 1 aromatic carbocycles. The Kier molecular flexibility index (Phi) is 6.51. The maximum atomic E-state index is 5.93. The van der Waals surface area contributed by atoms with E-state index in [1.807, 2.05) is 12.1 Å². The molecule has 1 rings (SSSR count). The van der Waals surface area contributed by atoms with E-state index in [-0.39, 0.29) is 0 Å². The Bertz CT molecular complexity index is 297. The van der Waals surface area contributed by atoms with Gasteiger partial charge in [0.1, 0.15) is 0 Å². The third-order valence-electron chi connectivity index (χ3n) is 2.51. The van der Waals surface area contributed by atoms with Crippen LogP contribution in [0.3, 0.4) is 0 Å². The van der Waals surface area contributed by atoms with Gasteiger partial charge in [-0.15, -0.1) is 0 Å². The molecule has 90 valence electrons. The van der Waals surface area contributed by atoms with Crippen LogP contribution in [0.4, 0.5) is 0 Å². The Morgan fingerprint density at radius 1 is 1.25 bits per heavy atom. The highest BCUT2D eigenvalue weighted by atomic mass is 35.5. The highest BCUT2D eigenvalue weighted by molar-refractivity contribution is 6.30. The molecule has 2 heteroatoms. The SMILES string of the molecule is CC(C)CNCCCCc1cccc(Cl)c1. The van der Waals surface area contributed by atoms with E-state index in [0.29, 0.717) is 0 Å². The van der Waals surface area contributed by atoms with Crippen LogP contribution in [0.2, 0.25) is 5.02 Å². The molecule has 0 atom stereocenters. The standard InChI is InChI=1S/C14H22ClN/c1-12(2)11-16-9-4-3-6-13-7-5-8-14(15)10-13/h5,7-8,10,12,16H,3-4,6,9,11H2,1-2H3. The average molecular weight is 240 g/mol. The van der Waals surface area contributed by atoms with Crippen LogP contribution in [0.25, 0.3) is 0 Å². The molecule has 0 heterocycles. The number of halogens is 1. The summed E-state index contributed by atoms with van der Waals surface area (Å²) in [6.45, 7) is 6.72. The molecule has 1 nitrogen and oxygen atoms in total. The lowest BCUT2D eigenvalue weighted by Crippen LogP contribution is -2.20. The van der Waals surface area contributed by atoms with Crippen molar-refractivity contribution in [2.45, 2.75) is 33.1 Å². The highest BCUT2D eigenvalue weighted by Crippen LogP contribution is 2.12. The zero-order valence-electron chi connectivity index (χ0n) is 10.3. The Morgan fingerprint density at radius 2 is 2.06 bits per heavy atom. The summed E-state index contributed by atoms with van der Waals surface area (Å²) in [6.07, 6.45) is 3.59. The van der Waals surface area contributed by atoms with Gasteiger partial charge in [0, 0.05) is 5.02 Å². The van der Waals surface area contributed by atoms with Crippen molar-refractivity contribution in [3.05, 3.63) is 34.9 Å². The van der Waals surface area contributed by atoms with Gasteiger partial charge in [-0.1, -0.05) is 37.6 Å². The summed E-state index contributed by atoms with van der Waals surface area (Å²) in [7, 11) is 0. The Morgan fingerprint density at radius 3 is 2.75 bits per heavy atom. The van der Waals surface area contributed by atoms with Crippen LogP contribution in [0, 0.1) is 5.92 Å². The van der Waals surface area contributed by atoms with Crippen molar-refractivity contribution in [1.29, 1.82) is 0 Å². The molecule has 16 heavy (non-hydrogen) atoms. The van der Waals surface area contributed by atoms with Gasteiger partial charge in [-0.2, -0.15) is 0 Å². The van der Waals surface area contributed by atoms with E-state index in [2.05, 4.69) is 31.3 Å². The minimum absolute atomic E-state index is 0.743. The molecule has 0 saturated carbocycles. The lowest BCUT2D eigenvalue weighted by atomic mass is 10.1. The summed E-state index contributed by atoms with van der Waals surface area (Å²) < 4.78 is 0. The van der Waals surface area contributed by atoms with E-state index in [4.69, 9.17) is 11.6 Å². The van der Waals surface area contributed by atoms with E-state index in [0.717, 1.165) is 30.5 Å². The number of rotatable bonds is 7. The number of aryl methyl sites for hydroxylation is 1. The summed E-state index contributed by atoms with van der Waals surface area (Å²) in [6, 6.07) is 8.15. The van der Waals surface area contributed by atoms with Gasteiger partial charge < -0.3 is 5.32 Å². The van der Waals surface area contributed by atoms with E-state index in [1.165, 1.54) is 18.4 Å². The van der Waals surface area contributed by atoms with Crippen LogP contribution in [0.15, 0.2) is 24.3 Å². The molecule has 0 aliphatic carbocycles. The van der Waals surface area contributed by atoms with Gasteiger partial charge in [0.05, 0.1) is 0 Å². The minimum atomic E-state index is 0.743. The first-order valence-corrected chi connectivity index (χ1v) is 6.51. The van der Waals surface area contributed by atoms with Crippen LogP contribution >= 0.6 is 11.6 Å². The second-order valence-electron chi connectivity index (χ2n) is 4.68. The number of benzene rings is 1. The Balaban J connectivity index is 2.07. The maximum Gasteiger partial charge on any atom is 0.0408 e. The van der Waals surface area contributed by atoms with Crippen molar-refractivity contribution in [3.8, 4) is 0 Å². The molecule has 0 unspecified atom stereocenters. The van der Waals surface area contributed by atoms with Crippen molar-refractivity contribution in [2.75, 3.05) is 13.1 Å². The van der Waals surface area contributed by atoms with Crippen LogP contribution < -0.4 is 5.32 Å². The molecule has 0 bridgehead atoms. The first-order chi connectivity index (χ1) is 7.68. The first kappa shape index (κ1) is 13.5. The average Bonchev–Trinajstić information content (AvgIpc) is 2.23. The van der Waals surface area contributed by atoms with Crippen LogP contribution in [-0.4, -0.2) is 13.1 Å². The fourth-order valence-corrected chi connectivity index (χ4v) is 1.88. The molecule has 1 aromatic rings. The van der Waals surface area contributed by atoms with E-state index in [1.54, 1.807) is 0 Å². The Hall–Kier alpha value is -0.530. The monoisotopic (exact) mass is 239 g/mol. The largest absolute Gasteiger partial charge is 0.316 e. The summed E-state index contributed by atoms with van der Waals surface area (Å²) in [5.74, 6) is 0.743. The second-order valence-corrected chi connectivity index (χ2v) is 5.12. The molecule has 1 N–H and O–H groups in total. The van der Waals surface area contributed by atoms with Gasteiger partial charge in [-0.05, 0) is 56.0 Å². The minimum Gasteiger partial charge on any atom is -0.316 e. The van der Waals surface area contributed by atoms with E-state index < -0.39 is 0 Å². The maximum absolute atomic E-state index is 5.93. The number of unbranched alkanes of at least 4 members (excludes halogenated alkanes) is 1. The van der Waals surface area contributed by atoms with E-state index >= 15 is 0 Å². The van der Waals surface area contributed by atoms with Gasteiger partial charge in [0.25, 0.3) is 0 Å². The first-order valence-electron chi connectivity index (χ1n) is 6.13. The van der Waals surface area contributed by atoms with Gasteiger partial charge in [0.2, 0.25) is 0 Å². The molecular weight excluding hydrogens is 218 g/mol. The van der Waals surface area contributed by atoms with Crippen molar-refractivity contribution >= 4 is 11.6 Å². The van der Waals surface area contributed by atoms with E-state index in [9.17, 15) is 0 Å². The zero-order chi connectivity index (χ0) is 11.8. The fraction of sp³-hybridized carbons (Fsp3) is 0.571. The Labute approximate surface area is 104 Å².